The number of carboxylic acids is 1. The monoisotopic (exact) mass is 193 g/mol. The van der Waals surface area contributed by atoms with Gasteiger partial charge >= 0.3 is 5.97 Å². The highest BCUT2D eigenvalue weighted by molar-refractivity contribution is 5.88. The van der Waals surface area contributed by atoms with E-state index in [4.69, 9.17) is 9.94 Å². The van der Waals surface area contributed by atoms with Crippen molar-refractivity contribution >= 4 is 11.7 Å². The van der Waals surface area contributed by atoms with E-state index in [-0.39, 0.29) is 5.56 Å². The number of nitrogens with zero attached hydrogens (tertiary/aromatic N) is 1. The SMILES string of the molecule is CC(C)=NOc1cccc(C(=O)O)c1. The van der Waals surface area contributed by atoms with Crippen LogP contribution in [0.3, 0.4) is 0 Å². The molecule has 1 N–H and O–H groups in total. The molecule has 0 aliphatic rings. The molecule has 0 radical (unpaired) electrons. The van der Waals surface area contributed by atoms with E-state index < -0.39 is 5.97 Å². The van der Waals surface area contributed by atoms with Gasteiger partial charge in [0, 0.05) is 0 Å². The van der Waals surface area contributed by atoms with Crippen molar-refractivity contribution in [3.05, 3.63) is 29.8 Å². The third kappa shape index (κ3) is 2.90. The van der Waals surface area contributed by atoms with Gasteiger partial charge < -0.3 is 9.94 Å². The molecule has 0 bridgehead atoms. The third-order valence-corrected chi connectivity index (χ3v) is 1.41. The highest BCUT2D eigenvalue weighted by atomic mass is 16.6. The van der Waals surface area contributed by atoms with Gasteiger partial charge in [-0.15, -0.1) is 0 Å². The van der Waals surface area contributed by atoms with Gasteiger partial charge in [-0.1, -0.05) is 11.2 Å². The second kappa shape index (κ2) is 4.41. The highest BCUT2D eigenvalue weighted by Crippen LogP contribution is 2.13. The Morgan fingerprint density at radius 3 is 2.71 bits per heavy atom. The molecule has 74 valence electrons. The minimum Gasteiger partial charge on any atom is -0.478 e. The molecule has 0 atom stereocenters. The van der Waals surface area contributed by atoms with Crippen molar-refractivity contribution in [3.63, 3.8) is 0 Å². The van der Waals surface area contributed by atoms with Gasteiger partial charge in [0.15, 0.2) is 5.75 Å². The molecule has 1 aromatic carbocycles. The number of carboxylic acid groups (broad SMARTS) is 1. The molecule has 0 saturated carbocycles. The summed E-state index contributed by atoms with van der Waals surface area (Å²) in [6.45, 7) is 3.59. The molecule has 1 rings (SSSR count). The maximum Gasteiger partial charge on any atom is 0.335 e. The first-order chi connectivity index (χ1) is 6.59. The summed E-state index contributed by atoms with van der Waals surface area (Å²) in [6, 6.07) is 6.19. The molecule has 0 spiro atoms. The first kappa shape index (κ1) is 10.2. The van der Waals surface area contributed by atoms with Crippen molar-refractivity contribution in [3.8, 4) is 5.75 Å². The van der Waals surface area contributed by atoms with Crippen LogP contribution in [-0.4, -0.2) is 16.8 Å². The van der Waals surface area contributed by atoms with Gasteiger partial charge in [0.2, 0.25) is 0 Å². The quantitative estimate of drug-likeness (QED) is 0.591. The van der Waals surface area contributed by atoms with Crippen LogP contribution in [0.2, 0.25) is 0 Å². The number of carbonyl (C=O) groups is 1. The normalized spacial score (nSPS) is 9.29. The van der Waals surface area contributed by atoms with Gasteiger partial charge in [-0.25, -0.2) is 4.79 Å². The van der Waals surface area contributed by atoms with Gasteiger partial charge in [-0.3, -0.25) is 0 Å². The Kier molecular flexibility index (Phi) is 3.23. The molecule has 0 saturated heterocycles. The molecular formula is C10H11NO3. The summed E-state index contributed by atoms with van der Waals surface area (Å²) in [7, 11) is 0. The number of rotatable bonds is 3. The Labute approximate surface area is 81.8 Å². The first-order valence-corrected chi connectivity index (χ1v) is 4.11. The molecule has 0 fully saturated rings. The topological polar surface area (TPSA) is 58.9 Å². The summed E-state index contributed by atoms with van der Waals surface area (Å²) in [5.74, 6) is -0.557. The fraction of sp³-hybridized carbons (Fsp3) is 0.200. The standard InChI is InChI=1S/C10H11NO3/c1-7(2)11-14-9-5-3-4-8(6-9)10(12)13/h3-6H,1-2H3,(H,12,13). The molecule has 0 amide bonds. The maximum absolute atomic E-state index is 10.6. The molecule has 14 heavy (non-hydrogen) atoms. The van der Waals surface area contributed by atoms with Crippen molar-refractivity contribution in [2.75, 3.05) is 0 Å². The van der Waals surface area contributed by atoms with Gasteiger partial charge in [0.05, 0.1) is 11.3 Å². The second-order valence-corrected chi connectivity index (χ2v) is 2.96. The smallest absolute Gasteiger partial charge is 0.335 e. The van der Waals surface area contributed by atoms with Gasteiger partial charge in [-0.2, -0.15) is 0 Å². The lowest BCUT2D eigenvalue weighted by molar-refractivity contribution is 0.0696. The Balaban J connectivity index is 2.84. The molecule has 4 heteroatoms. The average Bonchev–Trinajstić information content (AvgIpc) is 2.15. The first-order valence-electron chi connectivity index (χ1n) is 4.11. The fourth-order valence-electron chi connectivity index (χ4n) is 0.830. The van der Waals surface area contributed by atoms with Crippen LogP contribution in [0.15, 0.2) is 29.4 Å². The molecule has 0 aromatic heterocycles. The van der Waals surface area contributed by atoms with Crippen molar-refractivity contribution in [1.82, 2.24) is 0 Å². The summed E-state index contributed by atoms with van der Waals surface area (Å²) in [5.41, 5.74) is 0.956. The summed E-state index contributed by atoms with van der Waals surface area (Å²) < 4.78 is 0. The van der Waals surface area contributed by atoms with E-state index in [1.165, 1.54) is 12.1 Å². The Morgan fingerprint density at radius 2 is 2.14 bits per heavy atom. The zero-order valence-corrected chi connectivity index (χ0v) is 8.02. The lowest BCUT2D eigenvalue weighted by Crippen LogP contribution is -1.96. The molecular weight excluding hydrogens is 182 g/mol. The van der Waals surface area contributed by atoms with Crippen LogP contribution in [-0.2, 0) is 0 Å². The number of oxime groups is 1. The summed E-state index contributed by atoms with van der Waals surface area (Å²) in [6.07, 6.45) is 0. The van der Waals surface area contributed by atoms with Gasteiger partial charge in [0.25, 0.3) is 0 Å². The number of hydrogen-bond donors (Lipinski definition) is 1. The molecule has 0 heterocycles. The van der Waals surface area contributed by atoms with Crippen molar-refractivity contribution < 1.29 is 14.7 Å². The summed E-state index contributed by atoms with van der Waals surface area (Å²) >= 11 is 0. The predicted octanol–water partition coefficient (Wildman–Crippen LogP) is 2.16. The average molecular weight is 193 g/mol. The summed E-state index contributed by atoms with van der Waals surface area (Å²) in [4.78, 5) is 15.6. The van der Waals surface area contributed by atoms with Gasteiger partial charge in [0.1, 0.15) is 0 Å². The lowest BCUT2D eigenvalue weighted by atomic mass is 10.2. The minimum absolute atomic E-state index is 0.187. The molecule has 0 unspecified atom stereocenters. The van der Waals surface area contributed by atoms with Gasteiger partial charge in [-0.05, 0) is 32.0 Å². The minimum atomic E-state index is -0.979. The number of aromatic carboxylic acids is 1. The second-order valence-electron chi connectivity index (χ2n) is 2.96. The maximum atomic E-state index is 10.6. The zero-order chi connectivity index (χ0) is 10.6. The van der Waals surface area contributed by atoms with Crippen LogP contribution in [0.5, 0.6) is 5.75 Å². The van der Waals surface area contributed by atoms with Crippen molar-refractivity contribution in [2.45, 2.75) is 13.8 Å². The van der Waals surface area contributed by atoms with E-state index in [0.717, 1.165) is 5.71 Å². The van der Waals surface area contributed by atoms with E-state index in [1.54, 1.807) is 26.0 Å². The predicted molar refractivity (Wildman–Crippen MR) is 52.8 cm³/mol. The fourth-order valence-corrected chi connectivity index (χ4v) is 0.830. The number of benzene rings is 1. The lowest BCUT2D eigenvalue weighted by Gasteiger charge is -1.99. The Hall–Kier alpha value is -1.84. The zero-order valence-electron chi connectivity index (χ0n) is 8.02. The van der Waals surface area contributed by atoms with E-state index in [1.807, 2.05) is 0 Å². The molecule has 0 aliphatic carbocycles. The van der Waals surface area contributed by atoms with E-state index in [9.17, 15) is 4.79 Å². The third-order valence-electron chi connectivity index (χ3n) is 1.41. The van der Waals surface area contributed by atoms with Crippen LogP contribution in [0.4, 0.5) is 0 Å². The van der Waals surface area contributed by atoms with E-state index >= 15 is 0 Å². The Bertz CT molecular complexity index is 367. The van der Waals surface area contributed by atoms with Crippen LogP contribution >= 0.6 is 0 Å². The van der Waals surface area contributed by atoms with E-state index in [0.29, 0.717) is 5.75 Å². The highest BCUT2D eigenvalue weighted by Gasteiger charge is 2.03. The Morgan fingerprint density at radius 1 is 1.43 bits per heavy atom. The van der Waals surface area contributed by atoms with Crippen molar-refractivity contribution in [2.24, 2.45) is 5.16 Å². The largest absolute Gasteiger partial charge is 0.478 e. The molecule has 0 aliphatic heterocycles. The van der Waals surface area contributed by atoms with Crippen LogP contribution < -0.4 is 4.84 Å². The van der Waals surface area contributed by atoms with Crippen molar-refractivity contribution in [1.29, 1.82) is 0 Å². The molecule has 1 aromatic rings. The van der Waals surface area contributed by atoms with Crippen LogP contribution in [0.1, 0.15) is 24.2 Å². The molecule has 4 nitrogen and oxygen atoms in total. The van der Waals surface area contributed by atoms with Crippen LogP contribution in [0, 0.1) is 0 Å². The van der Waals surface area contributed by atoms with Crippen LogP contribution in [0.25, 0.3) is 0 Å². The summed E-state index contributed by atoms with van der Waals surface area (Å²) in [5, 5.41) is 12.4. The van der Waals surface area contributed by atoms with E-state index in [2.05, 4.69) is 5.16 Å². The number of hydrogen-bond acceptors (Lipinski definition) is 3.